The van der Waals surface area contributed by atoms with Crippen LogP contribution in [0.3, 0.4) is 0 Å². The minimum Gasteiger partial charge on any atom is -0.388 e. The molecule has 1 aliphatic heterocycles. The molecular weight excluding hydrogens is 372 g/mol. The molecule has 1 fully saturated rings. The Labute approximate surface area is 176 Å². The second-order valence-electron chi connectivity index (χ2n) is 8.37. The van der Waals surface area contributed by atoms with E-state index in [-0.39, 0.29) is 5.78 Å². The van der Waals surface area contributed by atoms with Crippen molar-refractivity contribution in [3.63, 3.8) is 0 Å². The Morgan fingerprint density at radius 1 is 1.13 bits per heavy atom. The molecule has 2 aromatic carbocycles. The van der Waals surface area contributed by atoms with Crippen LogP contribution in [-0.2, 0) is 6.54 Å². The number of aliphatic hydroxyl groups is 1. The smallest absolute Gasteiger partial charge is 0.188 e. The number of carbonyl (C=O) groups excluding carboxylic acids is 1. The molecule has 0 spiro atoms. The summed E-state index contributed by atoms with van der Waals surface area (Å²) in [5.74, 6) is 0.199. The van der Waals surface area contributed by atoms with Crippen molar-refractivity contribution in [2.75, 3.05) is 6.61 Å². The Bertz CT molecular complexity index is 1220. The van der Waals surface area contributed by atoms with E-state index in [4.69, 9.17) is 0 Å². The lowest BCUT2D eigenvalue weighted by Crippen LogP contribution is -2.07. The van der Waals surface area contributed by atoms with Gasteiger partial charge in [0, 0.05) is 27.6 Å². The van der Waals surface area contributed by atoms with Gasteiger partial charge in [-0.3, -0.25) is 4.79 Å². The number of aliphatic hydroxyl groups excluding tert-OH is 1. The van der Waals surface area contributed by atoms with Crippen LogP contribution in [0.2, 0.25) is 0 Å². The van der Waals surface area contributed by atoms with Gasteiger partial charge in [0.2, 0.25) is 0 Å². The predicted molar refractivity (Wildman–Crippen MR) is 118 cm³/mol. The van der Waals surface area contributed by atoms with Gasteiger partial charge in [0.05, 0.1) is 18.3 Å². The molecule has 3 aromatic rings. The number of rotatable bonds is 3. The number of ketones is 1. The Kier molecular flexibility index (Phi) is 4.77. The molecule has 5 rings (SSSR count). The molecule has 1 saturated carbocycles. The highest BCUT2D eigenvalue weighted by atomic mass is 16.3. The molecule has 0 saturated heterocycles. The monoisotopic (exact) mass is 396 g/mol. The molecular formula is C26H24N2O2. The normalized spacial score (nSPS) is 16.3. The highest BCUT2D eigenvalue weighted by molar-refractivity contribution is 6.03. The highest BCUT2D eigenvalue weighted by Gasteiger charge is 2.29. The van der Waals surface area contributed by atoms with Crippen molar-refractivity contribution in [3.8, 4) is 17.3 Å². The molecule has 30 heavy (non-hydrogen) atoms. The second kappa shape index (κ2) is 7.59. The van der Waals surface area contributed by atoms with Crippen LogP contribution in [0, 0.1) is 11.3 Å². The van der Waals surface area contributed by atoms with E-state index in [1.807, 2.05) is 30.3 Å². The molecule has 1 N–H and O–H groups in total. The van der Waals surface area contributed by atoms with E-state index in [0.717, 1.165) is 16.6 Å². The largest absolute Gasteiger partial charge is 0.388 e. The van der Waals surface area contributed by atoms with E-state index in [1.165, 1.54) is 48.7 Å². The van der Waals surface area contributed by atoms with Crippen LogP contribution in [0.15, 0.2) is 48.0 Å². The van der Waals surface area contributed by atoms with Crippen molar-refractivity contribution >= 4 is 22.8 Å². The van der Waals surface area contributed by atoms with Gasteiger partial charge in [-0.2, -0.15) is 5.26 Å². The summed E-state index contributed by atoms with van der Waals surface area (Å²) in [4.78, 5) is 12.2. The van der Waals surface area contributed by atoms with Crippen molar-refractivity contribution in [1.82, 2.24) is 4.57 Å². The molecule has 2 aliphatic rings. The van der Waals surface area contributed by atoms with Gasteiger partial charge in [-0.15, -0.1) is 0 Å². The first-order chi connectivity index (χ1) is 14.7. The van der Waals surface area contributed by atoms with E-state index in [9.17, 15) is 15.2 Å². The van der Waals surface area contributed by atoms with Crippen molar-refractivity contribution in [2.45, 2.75) is 44.6 Å². The van der Waals surface area contributed by atoms with Crippen molar-refractivity contribution in [2.24, 2.45) is 0 Å². The van der Waals surface area contributed by atoms with Crippen LogP contribution in [0.1, 0.15) is 59.5 Å². The average Bonchev–Trinajstić information content (AvgIpc) is 3.01. The number of benzene rings is 2. The van der Waals surface area contributed by atoms with Gasteiger partial charge >= 0.3 is 0 Å². The summed E-state index contributed by atoms with van der Waals surface area (Å²) >= 11 is 0. The molecule has 0 bridgehead atoms. The zero-order chi connectivity index (χ0) is 20.7. The number of hydrogen-bond acceptors (Lipinski definition) is 3. The number of hydrogen-bond donors (Lipinski definition) is 1. The van der Waals surface area contributed by atoms with Crippen LogP contribution < -0.4 is 0 Å². The molecule has 4 nitrogen and oxygen atoms in total. The summed E-state index contributed by atoms with van der Waals surface area (Å²) in [6, 6.07) is 16.4. The maximum Gasteiger partial charge on any atom is 0.188 e. The lowest BCUT2D eigenvalue weighted by molar-refractivity contribution is 0.0904. The maximum atomic E-state index is 12.2. The number of fused-ring (bicyclic) bond motifs is 5. The SMILES string of the molecule is N#CC1=Cc2ccccc2-c2c(C3CCCCC3)c3ccc(C(=O)CO)cc3n2C1. The number of Topliss-reactive ketones (excluding diaryl/α,β-unsaturated/α-hetero) is 1. The fourth-order valence-corrected chi connectivity index (χ4v) is 5.21. The third kappa shape index (κ3) is 2.98. The van der Waals surface area contributed by atoms with Gasteiger partial charge in [-0.1, -0.05) is 55.7 Å². The number of carbonyl (C=O) groups is 1. The molecule has 1 aromatic heterocycles. The number of allylic oxidation sites excluding steroid dienone is 1. The summed E-state index contributed by atoms with van der Waals surface area (Å²) in [6.45, 7) is -0.0127. The Morgan fingerprint density at radius 3 is 2.70 bits per heavy atom. The molecule has 0 atom stereocenters. The topological polar surface area (TPSA) is 66.0 Å². The highest BCUT2D eigenvalue weighted by Crippen LogP contribution is 2.46. The van der Waals surface area contributed by atoms with E-state index in [0.29, 0.717) is 23.6 Å². The fourth-order valence-electron chi connectivity index (χ4n) is 5.21. The minimum atomic E-state index is -0.499. The molecule has 1 aliphatic carbocycles. The van der Waals surface area contributed by atoms with E-state index < -0.39 is 6.61 Å². The summed E-state index contributed by atoms with van der Waals surface area (Å²) < 4.78 is 2.22. The van der Waals surface area contributed by atoms with Crippen LogP contribution in [-0.4, -0.2) is 22.1 Å². The molecule has 0 amide bonds. The molecule has 0 radical (unpaired) electrons. The molecule has 2 heterocycles. The van der Waals surface area contributed by atoms with Crippen LogP contribution in [0.5, 0.6) is 0 Å². The predicted octanol–water partition coefficient (Wildman–Crippen LogP) is 5.45. The molecule has 4 heteroatoms. The van der Waals surface area contributed by atoms with E-state index in [1.54, 1.807) is 0 Å². The third-order valence-corrected chi connectivity index (χ3v) is 6.60. The van der Waals surface area contributed by atoms with Gasteiger partial charge in [0.15, 0.2) is 5.78 Å². The first-order valence-electron chi connectivity index (χ1n) is 10.7. The maximum absolute atomic E-state index is 12.2. The van der Waals surface area contributed by atoms with Crippen LogP contribution in [0.4, 0.5) is 0 Å². The van der Waals surface area contributed by atoms with Crippen LogP contribution >= 0.6 is 0 Å². The third-order valence-electron chi connectivity index (χ3n) is 6.60. The van der Waals surface area contributed by atoms with Gasteiger partial charge < -0.3 is 9.67 Å². The second-order valence-corrected chi connectivity index (χ2v) is 8.37. The van der Waals surface area contributed by atoms with Crippen LogP contribution in [0.25, 0.3) is 28.2 Å². The lowest BCUT2D eigenvalue weighted by atomic mass is 9.81. The number of aromatic nitrogens is 1. The van der Waals surface area contributed by atoms with Gasteiger partial charge in [-0.05, 0) is 42.0 Å². The van der Waals surface area contributed by atoms with Gasteiger partial charge in [0.1, 0.15) is 6.61 Å². The van der Waals surface area contributed by atoms with Crippen molar-refractivity contribution in [1.29, 1.82) is 5.26 Å². The number of nitriles is 1. The summed E-state index contributed by atoms with van der Waals surface area (Å²) in [7, 11) is 0. The number of nitrogens with zero attached hydrogens (tertiary/aromatic N) is 2. The quantitative estimate of drug-likeness (QED) is 0.599. The fraction of sp³-hybridized carbons (Fsp3) is 0.308. The van der Waals surface area contributed by atoms with E-state index >= 15 is 0 Å². The van der Waals surface area contributed by atoms with Crippen molar-refractivity contribution in [3.05, 3.63) is 64.7 Å². The van der Waals surface area contributed by atoms with Crippen molar-refractivity contribution < 1.29 is 9.90 Å². The Morgan fingerprint density at radius 2 is 1.93 bits per heavy atom. The minimum absolute atomic E-state index is 0.281. The molecule has 0 unspecified atom stereocenters. The van der Waals surface area contributed by atoms with Gasteiger partial charge in [-0.25, -0.2) is 0 Å². The average molecular weight is 396 g/mol. The first kappa shape index (κ1) is 18.8. The van der Waals surface area contributed by atoms with E-state index in [2.05, 4.69) is 28.8 Å². The Balaban J connectivity index is 1.86. The summed E-state index contributed by atoms with van der Waals surface area (Å²) in [5, 5.41) is 20.3. The standard InChI is InChI=1S/C26H24N2O2/c27-14-17-12-19-8-4-5-9-21(19)26-25(18-6-2-1-3-7-18)22-11-10-20(24(30)16-29)13-23(22)28(26)15-17/h4-5,8-13,18,29H,1-3,6-7,15-16H2. The first-order valence-corrected chi connectivity index (χ1v) is 10.7. The molecule has 150 valence electrons. The summed E-state index contributed by atoms with van der Waals surface area (Å²) in [5.41, 5.74) is 6.94. The zero-order valence-corrected chi connectivity index (χ0v) is 16.9. The lowest BCUT2D eigenvalue weighted by Gasteiger charge is -2.23. The zero-order valence-electron chi connectivity index (χ0n) is 16.9. The van der Waals surface area contributed by atoms with Gasteiger partial charge in [0.25, 0.3) is 0 Å². The Hall–Kier alpha value is -3.16. The summed E-state index contributed by atoms with van der Waals surface area (Å²) in [6.07, 6.45) is 8.09.